The summed E-state index contributed by atoms with van der Waals surface area (Å²) in [6, 6.07) is 12.4. The minimum Gasteiger partial charge on any atom is -0.477 e. The van der Waals surface area contributed by atoms with E-state index in [1.54, 1.807) is 30.5 Å². The SMILES string of the molecule is CCCc1nc2ccc(Br)cc2c(=O)n1N=Cc1ccc(OCC#N)c(Cl)c1. The second-order valence-corrected chi connectivity index (χ2v) is 7.26. The maximum absolute atomic E-state index is 12.9. The van der Waals surface area contributed by atoms with Crippen LogP contribution in [0.1, 0.15) is 24.7 Å². The summed E-state index contributed by atoms with van der Waals surface area (Å²) in [6.07, 6.45) is 3.01. The molecule has 0 spiro atoms. The van der Waals surface area contributed by atoms with Gasteiger partial charge in [-0.05, 0) is 48.4 Å². The molecule has 0 aliphatic rings. The molecule has 142 valence electrons. The maximum Gasteiger partial charge on any atom is 0.282 e. The van der Waals surface area contributed by atoms with E-state index < -0.39 is 0 Å². The molecule has 0 fully saturated rings. The largest absolute Gasteiger partial charge is 0.477 e. The molecule has 0 aliphatic heterocycles. The fourth-order valence-corrected chi connectivity index (χ4v) is 3.25. The summed E-state index contributed by atoms with van der Waals surface area (Å²) in [4.78, 5) is 17.5. The third-order valence-electron chi connectivity index (χ3n) is 3.92. The molecule has 0 saturated heterocycles. The van der Waals surface area contributed by atoms with Crippen molar-refractivity contribution in [2.24, 2.45) is 5.10 Å². The zero-order valence-corrected chi connectivity index (χ0v) is 17.4. The van der Waals surface area contributed by atoms with Gasteiger partial charge in [0.1, 0.15) is 17.6 Å². The van der Waals surface area contributed by atoms with Crippen LogP contribution >= 0.6 is 27.5 Å². The second-order valence-electron chi connectivity index (χ2n) is 5.94. The second kappa shape index (κ2) is 9.00. The van der Waals surface area contributed by atoms with Gasteiger partial charge in [-0.1, -0.05) is 34.5 Å². The highest BCUT2D eigenvalue weighted by molar-refractivity contribution is 9.10. The van der Waals surface area contributed by atoms with Crippen LogP contribution in [0.5, 0.6) is 5.75 Å². The molecule has 0 atom stereocenters. The smallest absolute Gasteiger partial charge is 0.282 e. The average Bonchev–Trinajstić information content (AvgIpc) is 2.68. The number of rotatable bonds is 6. The zero-order chi connectivity index (χ0) is 20.1. The lowest BCUT2D eigenvalue weighted by Crippen LogP contribution is -2.22. The van der Waals surface area contributed by atoms with Crippen LogP contribution in [0.3, 0.4) is 0 Å². The van der Waals surface area contributed by atoms with Crippen molar-refractivity contribution in [3.8, 4) is 11.8 Å². The van der Waals surface area contributed by atoms with Crippen LogP contribution in [-0.4, -0.2) is 22.5 Å². The van der Waals surface area contributed by atoms with Crippen molar-refractivity contribution in [3.05, 3.63) is 67.6 Å². The summed E-state index contributed by atoms with van der Waals surface area (Å²) < 4.78 is 7.35. The lowest BCUT2D eigenvalue weighted by Gasteiger charge is -2.09. The number of benzene rings is 2. The van der Waals surface area contributed by atoms with Crippen molar-refractivity contribution >= 4 is 44.6 Å². The van der Waals surface area contributed by atoms with Crippen LogP contribution in [0, 0.1) is 11.3 Å². The van der Waals surface area contributed by atoms with E-state index in [1.165, 1.54) is 4.68 Å². The predicted octanol–water partition coefficient (Wildman–Crippen LogP) is 4.55. The molecule has 1 heterocycles. The number of halogens is 2. The fraction of sp³-hybridized carbons (Fsp3) is 0.200. The van der Waals surface area contributed by atoms with Crippen LogP contribution in [-0.2, 0) is 6.42 Å². The van der Waals surface area contributed by atoms with Gasteiger partial charge in [0.2, 0.25) is 0 Å². The molecule has 0 aliphatic carbocycles. The molecule has 1 aromatic heterocycles. The monoisotopic (exact) mass is 458 g/mol. The highest BCUT2D eigenvalue weighted by Crippen LogP contribution is 2.25. The summed E-state index contributed by atoms with van der Waals surface area (Å²) in [5.41, 5.74) is 1.11. The Bertz CT molecular complexity index is 1150. The molecule has 6 nitrogen and oxygen atoms in total. The first-order valence-corrected chi connectivity index (χ1v) is 9.75. The van der Waals surface area contributed by atoms with Gasteiger partial charge in [0.15, 0.2) is 6.61 Å². The van der Waals surface area contributed by atoms with Gasteiger partial charge in [0.05, 0.1) is 22.1 Å². The standard InChI is InChI=1S/C20H16BrClN4O2/c1-2-3-19-25-17-6-5-14(21)11-15(17)20(27)26(19)24-12-13-4-7-18(16(22)10-13)28-9-8-23/h4-7,10-12H,2-3,9H2,1H3. The molecule has 3 aromatic rings. The average molecular weight is 460 g/mol. The fourth-order valence-electron chi connectivity index (χ4n) is 2.65. The van der Waals surface area contributed by atoms with Gasteiger partial charge in [-0.25, -0.2) is 4.98 Å². The van der Waals surface area contributed by atoms with Gasteiger partial charge in [-0.15, -0.1) is 0 Å². The van der Waals surface area contributed by atoms with Gasteiger partial charge >= 0.3 is 0 Å². The molecule has 0 N–H and O–H groups in total. The van der Waals surface area contributed by atoms with E-state index in [1.807, 2.05) is 25.1 Å². The number of nitrogens with zero attached hydrogens (tertiary/aromatic N) is 4. The van der Waals surface area contributed by atoms with Gasteiger partial charge in [-0.3, -0.25) is 4.79 Å². The van der Waals surface area contributed by atoms with E-state index in [0.29, 0.717) is 39.5 Å². The first kappa shape index (κ1) is 20.1. The Morgan fingerprint density at radius 3 is 2.89 bits per heavy atom. The third-order valence-corrected chi connectivity index (χ3v) is 4.71. The van der Waals surface area contributed by atoms with Crippen molar-refractivity contribution < 1.29 is 4.74 Å². The van der Waals surface area contributed by atoms with E-state index in [4.69, 9.17) is 21.6 Å². The Morgan fingerprint density at radius 1 is 1.36 bits per heavy atom. The van der Waals surface area contributed by atoms with Crippen LogP contribution in [0.4, 0.5) is 0 Å². The Morgan fingerprint density at radius 2 is 2.18 bits per heavy atom. The number of hydrogen-bond donors (Lipinski definition) is 0. The minimum absolute atomic E-state index is 0.0821. The molecule has 0 bridgehead atoms. The number of ether oxygens (including phenoxy) is 1. The summed E-state index contributed by atoms with van der Waals surface area (Å²) in [5.74, 6) is 1.01. The first-order chi connectivity index (χ1) is 13.5. The van der Waals surface area contributed by atoms with Crippen molar-refractivity contribution in [1.82, 2.24) is 9.66 Å². The van der Waals surface area contributed by atoms with Crippen LogP contribution in [0.25, 0.3) is 10.9 Å². The van der Waals surface area contributed by atoms with Gasteiger partial charge in [0.25, 0.3) is 5.56 Å². The molecule has 2 aromatic carbocycles. The third kappa shape index (κ3) is 4.41. The Balaban J connectivity index is 2.02. The number of hydrogen-bond acceptors (Lipinski definition) is 5. The first-order valence-electron chi connectivity index (χ1n) is 8.58. The van der Waals surface area contributed by atoms with E-state index in [9.17, 15) is 4.79 Å². The van der Waals surface area contributed by atoms with Gasteiger partial charge in [-0.2, -0.15) is 15.0 Å². The summed E-state index contributed by atoms with van der Waals surface area (Å²) in [5, 5.41) is 13.8. The predicted molar refractivity (Wildman–Crippen MR) is 113 cm³/mol. The number of nitriles is 1. The molecule has 0 amide bonds. The summed E-state index contributed by atoms with van der Waals surface area (Å²) >= 11 is 9.56. The highest BCUT2D eigenvalue weighted by atomic mass is 79.9. The Kier molecular flexibility index (Phi) is 6.45. The molecule has 0 unspecified atom stereocenters. The van der Waals surface area contributed by atoms with Crippen molar-refractivity contribution in [2.75, 3.05) is 6.61 Å². The van der Waals surface area contributed by atoms with E-state index in [2.05, 4.69) is 26.0 Å². The quantitative estimate of drug-likeness (QED) is 0.507. The van der Waals surface area contributed by atoms with Gasteiger partial charge < -0.3 is 4.74 Å². The zero-order valence-electron chi connectivity index (χ0n) is 15.0. The minimum atomic E-state index is -0.230. The number of aryl methyl sites for hydroxylation is 1. The number of aromatic nitrogens is 2. The molecule has 0 radical (unpaired) electrons. The normalized spacial score (nSPS) is 11.1. The van der Waals surface area contributed by atoms with E-state index in [0.717, 1.165) is 10.9 Å². The number of fused-ring (bicyclic) bond motifs is 1. The maximum atomic E-state index is 12.9. The molecular formula is C20H16BrClN4O2. The van der Waals surface area contributed by atoms with E-state index >= 15 is 0 Å². The van der Waals surface area contributed by atoms with Crippen LogP contribution in [0.15, 0.2) is 50.8 Å². The lowest BCUT2D eigenvalue weighted by molar-refractivity contribution is 0.368. The Hall–Kier alpha value is -2.69. The molecule has 8 heteroatoms. The molecule has 3 rings (SSSR count). The van der Waals surface area contributed by atoms with Crippen molar-refractivity contribution in [1.29, 1.82) is 5.26 Å². The summed E-state index contributed by atoms with van der Waals surface area (Å²) in [6.45, 7) is 1.94. The molecule has 0 saturated carbocycles. The highest BCUT2D eigenvalue weighted by Gasteiger charge is 2.10. The van der Waals surface area contributed by atoms with Crippen LogP contribution in [0.2, 0.25) is 5.02 Å². The topological polar surface area (TPSA) is 80.3 Å². The lowest BCUT2D eigenvalue weighted by atomic mass is 10.2. The Labute approximate surface area is 175 Å². The van der Waals surface area contributed by atoms with Crippen molar-refractivity contribution in [3.63, 3.8) is 0 Å². The molecular weight excluding hydrogens is 444 g/mol. The summed E-state index contributed by atoms with van der Waals surface area (Å²) in [7, 11) is 0. The molecule has 28 heavy (non-hydrogen) atoms. The van der Waals surface area contributed by atoms with Crippen LogP contribution < -0.4 is 10.3 Å². The van der Waals surface area contributed by atoms with Gasteiger partial charge in [0, 0.05) is 10.9 Å². The van der Waals surface area contributed by atoms with E-state index in [-0.39, 0.29) is 12.2 Å². The van der Waals surface area contributed by atoms with Crippen molar-refractivity contribution in [2.45, 2.75) is 19.8 Å².